The van der Waals surface area contributed by atoms with E-state index in [4.69, 9.17) is 15.2 Å². The molecule has 2 N–H and O–H groups in total. The molecule has 3 rings (SSSR count). The maximum atomic E-state index is 5.95. The molecular weight excluding hydrogens is 238 g/mol. The highest BCUT2D eigenvalue weighted by Crippen LogP contribution is 2.34. The lowest BCUT2D eigenvalue weighted by atomic mass is 10.0. The van der Waals surface area contributed by atoms with Crippen LogP contribution in [0, 0.1) is 0 Å². The molecule has 2 aromatic carbocycles. The molecule has 1 heterocycles. The summed E-state index contributed by atoms with van der Waals surface area (Å²) in [5, 5.41) is 0. The zero-order valence-electron chi connectivity index (χ0n) is 11.1. The standard InChI is InChI=1S/C16H17NO2/c1-10-7-13-8-11(3-5-15(13)19-10)12-4-6-16(18-2)14(17)9-12/h3-6,8-10H,7,17H2,1-2H3. The number of fused-ring (bicyclic) bond motifs is 1. The minimum Gasteiger partial charge on any atom is -0.495 e. The Kier molecular flexibility index (Phi) is 2.82. The summed E-state index contributed by atoms with van der Waals surface area (Å²) in [6, 6.07) is 12.2. The van der Waals surface area contributed by atoms with E-state index in [1.165, 1.54) is 5.56 Å². The number of hydrogen-bond acceptors (Lipinski definition) is 3. The van der Waals surface area contributed by atoms with Crippen molar-refractivity contribution in [3.05, 3.63) is 42.0 Å². The van der Waals surface area contributed by atoms with E-state index in [1.54, 1.807) is 7.11 Å². The van der Waals surface area contributed by atoms with Gasteiger partial charge in [-0.05, 0) is 47.9 Å². The molecule has 0 fully saturated rings. The predicted octanol–water partition coefficient (Wildman–Crippen LogP) is 3.27. The average Bonchev–Trinajstić information content (AvgIpc) is 2.77. The maximum Gasteiger partial charge on any atom is 0.141 e. The van der Waals surface area contributed by atoms with Crippen molar-refractivity contribution in [1.29, 1.82) is 0 Å². The third-order valence-electron chi connectivity index (χ3n) is 3.46. The monoisotopic (exact) mass is 255 g/mol. The number of hydrogen-bond donors (Lipinski definition) is 1. The zero-order chi connectivity index (χ0) is 13.4. The molecule has 1 aliphatic rings. The second-order valence-corrected chi connectivity index (χ2v) is 4.91. The summed E-state index contributed by atoms with van der Waals surface area (Å²) in [5.74, 6) is 1.71. The quantitative estimate of drug-likeness (QED) is 0.838. The van der Waals surface area contributed by atoms with E-state index in [-0.39, 0.29) is 6.10 Å². The summed E-state index contributed by atoms with van der Waals surface area (Å²) in [5.41, 5.74) is 10.1. The fourth-order valence-electron chi connectivity index (χ4n) is 2.52. The minimum atomic E-state index is 0.270. The van der Waals surface area contributed by atoms with Crippen LogP contribution in [-0.2, 0) is 6.42 Å². The highest BCUT2D eigenvalue weighted by atomic mass is 16.5. The van der Waals surface area contributed by atoms with E-state index >= 15 is 0 Å². The highest BCUT2D eigenvalue weighted by molar-refractivity contribution is 5.72. The Morgan fingerprint density at radius 2 is 1.89 bits per heavy atom. The number of rotatable bonds is 2. The van der Waals surface area contributed by atoms with Gasteiger partial charge in [-0.2, -0.15) is 0 Å². The van der Waals surface area contributed by atoms with Crippen LogP contribution in [0.2, 0.25) is 0 Å². The van der Waals surface area contributed by atoms with Crippen LogP contribution in [0.15, 0.2) is 36.4 Å². The lowest BCUT2D eigenvalue weighted by Gasteiger charge is -2.08. The first-order chi connectivity index (χ1) is 9.17. The summed E-state index contributed by atoms with van der Waals surface area (Å²) in [6.45, 7) is 2.09. The van der Waals surface area contributed by atoms with E-state index in [1.807, 2.05) is 24.3 Å². The number of methoxy groups -OCH3 is 1. The molecular formula is C16H17NO2. The predicted molar refractivity (Wildman–Crippen MR) is 76.6 cm³/mol. The largest absolute Gasteiger partial charge is 0.495 e. The molecule has 3 heteroatoms. The first kappa shape index (κ1) is 11.9. The summed E-state index contributed by atoms with van der Waals surface area (Å²) in [6.07, 6.45) is 1.24. The Hall–Kier alpha value is -2.16. The molecule has 98 valence electrons. The molecule has 3 nitrogen and oxygen atoms in total. The fraction of sp³-hybridized carbons (Fsp3) is 0.250. The Labute approximate surface area is 113 Å². The van der Waals surface area contributed by atoms with Crippen molar-refractivity contribution in [2.24, 2.45) is 0 Å². The normalized spacial score (nSPS) is 16.8. The maximum absolute atomic E-state index is 5.95. The van der Waals surface area contributed by atoms with Crippen molar-refractivity contribution in [3.8, 4) is 22.6 Å². The molecule has 0 saturated heterocycles. The van der Waals surface area contributed by atoms with Crippen molar-refractivity contribution < 1.29 is 9.47 Å². The molecule has 1 atom stereocenters. The Morgan fingerprint density at radius 1 is 1.16 bits per heavy atom. The lowest BCUT2D eigenvalue weighted by Crippen LogP contribution is -2.05. The fourth-order valence-corrected chi connectivity index (χ4v) is 2.52. The lowest BCUT2D eigenvalue weighted by molar-refractivity contribution is 0.254. The van der Waals surface area contributed by atoms with Gasteiger partial charge in [0.25, 0.3) is 0 Å². The summed E-state index contributed by atoms with van der Waals surface area (Å²) < 4.78 is 10.9. The zero-order valence-corrected chi connectivity index (χ0v) is 11.1. The SMILES string of the molecule is COc1ccc(-c2ccc3c(c2)CC(C)O3)cc1N. The summed E-state index contributed by atoms with van der Waals surface area (Å²) in [7, 11) is 1.62. The summed E-state index contributed by atoms with van der Waals surface area (Å²) in [4.78, 5) is 0. The molecule has 0 radical (unpaired) electrons. The third kappa shape index (κ3) is 2.12. The van der Waals surface area contributed by atoms with Gasteiger partial charge in [-0.1, -0.05) is 12.1 Å². The smallest absolute Gasteiger partial charge is 0.141 e. The van der Waals surface area contributed by atoms with E-state index in [0.717, 1.165) is 23.3 Å². The number of benzene rings is 2. The second-order valence-electron chi connectivity index (χ2n) is 4.91. The Balaban J connectivity index is 1.99. The van der Waals surface area contributed by atoms with Crippen LogP contribution in [-0.4, -0.2) is 13.2 Å². The van der Waals surface area contributed by atoms with Crippen molar-refractivity contribution >= 4 is 5.69 Å². The van der Waals surface area contributed by atoms with Crippen molar-refractivity contribution in [2.45, 2.75) is 19.4 Å². The topological polar surface area (TPSA) is 44.5 Å². The highest BCUT2D eigenvalue weighted by Gasteiger charge is 2.19. The van der Waals surface area contributed by atoms with Crippen LogP contribution in [0.4, 0.5) is 5.69 Å². The molecule has 1 aliphatic heterocycles. The van der Waals surface area contributed by atoms with Crippen LogP contribution < -0.4 is 15.2 Å². The molecule has 0 spiro atoms. The Morgan fingerprint density at radius 3 is 2.63 bits per heavy atom. The minimum absolute atomic E-state index is 0.270. The van der Waals surface area contributed by atoms with Crippen LogP contribution in [0.3, 0.4) is 0 Å². The molecule has 0 amide bonds. The van der Waals surface area contributed by atoms with Gasteiger partial charge in [-0.3, -0.25) is 0 Å². The van der Waals surface area contributed by atoms with Gasteiger partial charge >= 0.3 is 0 Å². The number of ether oxygens (including phenoxy) is 2. The van der Waals surface area contributed by atoms with Crippen molar-refractivity contribution in [1.82, 2.24) is 0 Å². The van der Waals surface area contributed by atoms with Gasteiger partial charge in [0.15, 0.2) is 0 Å². The molecule has 0 aliphatic carbocycles. The molecule has 0 bridgehead atoms. The third-order valence-corrected chi connectivity index (χ3v) is 3.46. The van der Waals surface area contributed by atoms with Gasteiger partial charge in [-0.15, -0.1) is 0 Å². The van der Waals surface area contributed by atoms with Gasteiger partial charge in [0.1, 0.15) is 17.6 Å². The van der Waals surface area contributed by atoms with Crippen LogP contribution in [0.25, 0.3) is 11.1 Å². The van der Waals surface area contributed by atoms with Gasteiger partial charge in [0, 0.05) is 6.42 Å². The molecule has 1 unspecified atom stereocenters. The molecule has 2 aromatic rings. The molecule has 19 heavy (non-hydrogen) atoms. The number of nitrogens with two attached hydrogens (primary N) is 1. The Bertz CT molecular complexity index is 622. The molecule has 0 saturated carbocycles. The van der Waals surface area contributed by atoms with E-state index in [0.29, 0.717) is 11.4 Å². The van der Waals surface area contributed by atoms with Gasteiger partial charge in [0.05, 0.1) is 12.8 Å². The van der Waals surface area contributed by atoms with E-state index in [9.17, 15) is 0 Å². The molecule has 0 aromatic heterocycles. The average molecular weight is 255 g/mol. The van der Waals surface area contributed by atoms with Crippen LogP contribution in [0.5, 0.6) is 11.5 Å². The van der Waals surface area contributed by atoms with Gasteiger partial charge < -0.3 is 15.2 Å². The number of anilines is 1. The van der Waals surface area contributed by atoms with Crippen molar-refractivity contribution in [3.63, 3.8) is 0 Å². The van der Waals surface area contributed by atoms with Crippen LogP contribution in [0.1, 0.15) is 12.5 Å². The first-order valence-corrected chi connectivity index (χ1v) is 6.41. The van der Waals surface area contributed by atoms with Gasteiger partial charge in [-0.25, -0.2) is 0 Å². The van der Waals surface area contributed by atoms with Gasteiger partial charge in [0.2, 0.25) is 0 Å². The second kappa shape index (κ2) is 4.50. The number of nitrogen functional groups attached to an aromatic ring is 1. The van der Waals surface area contributed by atoms with Crippen LogP contribution >= 0.6 is 0 Å². The van der Waals surface area contributed by atoms with E-state index in [2.05, 4.69) is 19.1 Å². The first-order valence-electron chi connectivity index (χ1n) is 6.41. The van der Waals surface area contributed by atoms with Crippen molar-refractivity contribution in [2.75, 3.05) is 12.8 Å². The van der Waals surface area contributed by atoms with E-state index < -0.39 is 0 Å². The summed E-state index contributed by atoms with van der Waals surface area (Å²) >= 11 is 0.